The average Bonchev–Trinajstić information content (AvgIpc) is 2.46. The Morgan fingerprint density at radius 3 is 2.62 bits per heavy atom. The number of amides is 1. The summed E-state index contributed by atoms with van der Waals surface area (Å²) in [5.41, 5.74) is 1.01. The zero-order valence-corrected chi connectivity index (χ0v) is 13.6. The fraction of sp³-hybridized carbons (Fsp3) is 0.647. The highest BCUT2D eigenvalue weighted by Gasteiger charge is 2.26. The number of aromatic nitrogens is 1. The molecule has 21 heavy (non-hydrogen) atoms. The number of hydrogen-bond acceptors (Lipinski definition) is 3. The Hall–Kier alpha value is -1.42. The van der Waals surface area contributed by atoms with Crippen molar-refractivity contribution in [2.75, 3.05) is 26.7 Å². The van der Waals surface area contributed by atoms with Crippen LogP contribution in [0.5, 0.6) is 0 Å². The van der Waals surface area contributed by atoms with Crippen LogP contribution in [0.25, 0.3) is 0 Å². The first-order valence-electron chi connectivity index (χ1n) is 7.86. The molecule has 2 heterocycles. The monoisotopic (exact) mass is 289 g/mol. The fourth-order valence-corrected chi connectivity index (χ4v) is 3.17. The molecule has 0 radical (unpaired) electrons. The highest BCUT2D eigenvalue weighted by Crippen LogP contribution is 2.22. The second kappa shape index (κ2) is 7.03. The molecular formula is C17H27N3O. The first kappa shape index (κ1) is 16.0. The summed E-state index contributed by atoms with van der Waals surface area (Å²) >= 11 is 0. The van der Waals surface area contributed by atoms with Gasteiger partial charge in [0.2, 0.25) is 5.91 Å². The largest absolute Gasteiger partial charge is 0.341 e. The van der Waals surface area contributed by atoms with E-state index in [1.807, 2.05) is 30.1 Å². The third-order valence-electron chi connectivity index (χ3n) is 4.38. The molecule has 1 amide bonds. The van der Waals surface area contributed by atoms with E-state index >= 15 is 0 Å². The molecule has 0 aromatic carbocycles. The van der Waals surface area contributed by atoms with Crippen LogP contribution < -0.4 is 0 Å². The van der Waals surface area contributed by atoms with Crippen molar-refractivity contribution in [3.63, 3.8) is 0 Å². The van der Waals surface area contributed by atoms with Crippen molar-refractivity contribution in [2.24, 2.45) is 11.8 Å². The molecule has 116 valence electrons. The Labute approximate surface area is 128 Å². The van der Waals surface area contributed by atoms with Crippen molar-refractivity contribution in [1.82, 2.24) is 14.8 Å². The molecule has 0 unspecified atom stereocenters. The van der Waals surface area contributed by atoms with Crippen LogP contribution in [0.4, 0.5) is 0 Å². The summed E-state index contributed by atoms with van der Waals surface area (Å²) in [6, 6.07) is 6.06. The van der Waals surface area contributed by atoms with Crippen molar-refractivity contribution in [1.29, 1.82) is 0 Å². The quantitative estimate of drug-likeness (QED) is 0.855. The molecule has 1 aromatic heterocycles. The summed E-state index contributed by atoms with van der Waals surface area (Å²) in [6.07, 6.45) is 3.03. The van der Waals surface area contributed by atoms with Gasteiger partial charge in [-0.25, -0.2) is 0 Å². The summed E-state index contributed by atoms with van der Waals surface area (Å²) in [6.45, 7) is 8.81. The van der Waals surface area contributed by atoms with E-state index in [9.17, 15) is 4.79 Å². The van der Waals surface area contributed by atoms with Gasteiger partial charge in [0.25, 0.3) is 0 Å². The Kier molecular flexibility index (Phi) is 5.34. The fourth-order valence-electron chi connectivity index (χ4n) is 3.17. The number of hydrogen-bond donors (Lipinski definition) is 0. The van der Waals surface area contributed by atoms with Crippen LogP contribution in [0.15, 0.2) is 24.4 Å². The van der Waals surface area contributed by atoms with E-state index in [2.05, 4.69) is 30.7 Å². The van der Waals surface area contributed by atoms with E-state index in [0.717, 1.165) is 18.8 Å². The number of nitrogens with zero attached hydrogens (tertiary/aromatic N) is 3. The van der Waals surface area contributed by atoms with E-state index in [1.54, 1.807) is 6.20 Å². The molecule has 1 fully saturated rings. The second-order valence-corrected chi connectivity index (χ2v) is 6.59. The molecule has 0 aliphatic carbocycles. The normalized spacial score (nSPS) is 24.1. The van der Waals surface area contributed by atoms with Crippen LogP contribution in [0.2, 0.25) is 0 Å². The van der Waals surface area contributed by atoms with Crippen molar-refractivity contribution in [3.8, 4) is 0 Å². The molecule has 0 N–H and O–H groups in total. The van der Waals surface area contributed by atoms with Crippen LogP contribution in [0.1, 0.15) is 38.9 Å². The maximum Gasteiger partial charge on any atom is 0.236 e. The molecule has 1 saturated heterocycles. The third kappa shape index (κ3) is 4.27. The second-order valence-electron chi connectivity index (χ2n) is 6.59. The number of likely N-dealkylation sites (N-methyl/N-ethyl adjacent to an activating group) is 1. The van der Waals surface area contributed by atoms with Crippen LogP contribution in [-0.4, -0.2) is 47.4 Å². The van der Waals surface area contributed by atoms with Crippen molar-refractivity contribution >= 4 is 5.91 Å². The van der Waals surface area contributed by atoms with E-state index in [1.165, 1.54) is 6.42 Å². The molecule has 1 aromatic rings. The minimum atomic E-state index is 0.148. The van der Waals surface area contributed by atoms with Crippen LogP contribution in [-0.2, 0) is 4.79 Å². The molecule has 3 atom stereocenters. The Bertz CT molecular complexity index is 452. The molecular weight excluding hydrogens is 262 g/mol. The van der Waals surface area contributed by atoms with Crippen LogP contribution in [0, 0.1) is 11.8 Å². The van der Waals surface area contributed by atoms with Gasteiger partial charge in [0.15, 0.2) is 0 Å². The highest BCUT2D eigenvalue weighted by molar-refractivity contribution is 5.78. The van der Waals surface area contributed by atoms with Crippen LogP contribution in [0.3, 0.4) is 0 Å². The van der Waals surface area contributed by atoms with Crippen LogP contribution >= 0.6 is 0 Å². The maximum atomic E-state index is 12.5. The predicted molar refractivity (Wildman–Crippen MR) is 84.8 cm³/mol. The summed E-state index contributed by atoms with van der Waals surface area (Å²) < 4.78 is 0. The number of carbonyl (C=O) groups is 1. The highest BCUT2D eigenvalue weighted by atomic mass is 16.2. The molecule has 4 nitrogen and oxygen atoms in total. The standard InChI is InChI=1S/C17H27N3O/c1-13-9-14(2)11-20(10-13)17(21)12-19(4)15(3)16-7-5-6-8-18-16/h5-8,13-15H,9-12H2,1-4H3/t13-,14-,15+/m1/s1. The van der Waals surface area contributed by atoms with Gasteiger partial charge in [-0.3, -0.25) is 14.7 Å². The lowest BCUT2D eigenvalue weighted by atomic mass is 9.92. The third-order valence-corrected chi connectivity index (χ3v) is 4.38. The minimum absolute atomic E-state index is 0.148. The SMILES string of the molecule is C[C@@H]1C[C@@H](C)CN(C(=O)CN(C)[C@@H](C)c2ccccn2)C1. The Balaban J connectivity index is 1.92. The van der Waals surface area contributed by atoms with Gasteiger partial charge in [-0.05, 0) is 44.4 Å². The zero-order chi connectivity index (χ0) is 15.4. The summed E-state index contributed by atoms with van der Waals surface area (Å²) in [4.78, 5) is 21.0. The molecule has 1 aliphatic heterocycles. The van der Waals surface area contributed by atoms with Gasteiger partial charge in [0.05, 0.1) is 12.2 Å². The summed E-state index contributed by atoms with van der Waals surface area (Å²) in [5, 5.41) is 0. The van der Waals surface area contributed by atoms with Gasteiger partial charge in [0.1, 0.15) is 0 Å². The van der Waals surface area contributed by atoms with Gasteiger partial charge >= 0.3 is 0 Å². The molecule has 2 rings (SSSR count). The van der Waals surface area contributed by atoms with Crippen molar-refractivity contribution in [3.05, 3.63) is 30.1 Å². The minimum Gasteiger partial charge on any atom is -0.341 e. The first-order chi connectivity index (χ1) is 9.97. The molecule has 0 saturated carbocycles. The number of likely N-dealkylation sites (tertiary alicyclic amines) is 1. The zero-order valence-electron chi connectivity index (χ0n) is 13.6. The van der Waals surface area contributed by atoms with E-state index in [-0.39, 0.29) is 11.9 Å². The Morgan fingerprint density at radius 1 is 1.38 bits per heavy atom. The summed E-state index contributed by atoms with van der Waals surface area (Å²) in [5.74, 6) is 1.45. The maximum absolute atomic E-state index is 12.5. The summed E-state index contributed by atoms with van der Waals surface area (Å²) in [7, 11) is 1.99. The number of piperidine rings is 1. The smallest absolute Gasteiger partial charge is 0.236 e. The predicted octanol–water partition coefficient (Wildman–Crippen LogP) is 2.58. The van der Waals surface area contributed by atoms with Gasteiger partial charge in [0, 0.05) is 25.3 Å². The molecule has 0 bridgehead atoms. The lowest BCUT2D eigenvalue weighted by Crippen LogP contribution is -2.46. The average molecular weight is 289 g/mol. The lowest BCUT2D eigenvalue weighted by molar-refractivity contribution is -0.135. The van der Waals surface area contributed by atoms with Crippen molar-refractivity contribution < 1.29 is 4.79 Å². The van der Waals surface area contributed by atoms with E-state index < -0.39 is 0 Å². The molecule has 4 heteroatoms. The number of rotatable bonds is 4. The van der Waals surface area contributed by atoms with Gasteiger partial charge in [-0.1, -0.05) is 19.9 Å². The van der Waals surface area contributed by atoms with Crippen molar-refractivity contribution in [2.45, 2.75) is 33.2 Å². The molecule has 0 spiro atoms. The van der Waals surface area contributed by atoms with Gasteiger partial charge in [-0.2, -0.15) is 0 Å². The first-order valence-corrected chi connectivity index (χ1v) is 7.86. The van der Waals surface area contributed by atoms with E-state index in [0.29, 0.717) is 18.4 Å². The molecule has 1 aliphatic rings. The van der Waals surface area contributed by atoms with Gasteiger partial charge in [-0.15, -0.1) is 0 Å². The number of pyridine rings is 1. The topological polar surface area (TPSA) is 36.4 Å². The van der Waals surface area contributed by atoms with E-state index in [4.69, 9.17) is 0 Å². The Morgan fingerprint density at radius 2 is 2.05 bits per heavy atom. The van der Waals surface area contributed by atoms with Gasteiger partial charge < -0.3 is 4.90 Å². The number of carbonyl (C=O) groups excluding carboxylic acids is 1. The lowest BCUT2D eigenvalue weighted by Gasteiger charge is -2.36.